The van der Waals surface area contributed by atoms with Crippen LogP contribution < -0.4 is 0 Å². The van der Waals surface area contributed by atoms with Crippen LogP contribution in [0.25, 0.3) is 0 Å². The van der Waals surface area contributed by atoms with Gasteiger partial charge in [0.25, 0.3) is 0 Å². The Morgan fingerprint density at radius 2 is 2.00 bits per heavy atom. The monoisotopic (exact) mass is 182 g/mol. The lowest BCUT2D eigenvalue weighted by molar-refractivity contribution is -0.113. The Hall–Kier alpha value is -0.330. The number of hydrogen-bond acceptors (Lipinski definition) is 1. The van der Waals surface area contributed by atoms with Crippen LogP contribution in [0.15, 0.2) is 0 Å². The SMILES string of the molecule is CC(C)CCC1CCCCC1C=O. The van der Waals surface area contributed by atoms with Gasteiger partial charge in [0, 0.05) is 5.92 Å². The molecule has 0 saturated heterocycles. The van der Waals surface area contributed by atoms with Gasteiger partial charge in [0.05, 0.1) is 0 Å². The van der Waals surface area contributed by atoms with Gasteiger partial charge >= 0.3 is 0 Å². The summed E-state index contributed by atoms with van der Waals surface area (Å²) in [6.45, 7) is 4.53. The third-order valence-corrected chi connectivity index (χ3v) is 3.26. The van der Waals surface area contributed by atoms with Gasteiger partial charge in [0.15, 0.2) is 0 Å². The van der Waals surface area contributed by atoms with Crippen LogP contribution in [0.4, 0.5) is 0 Å². The van der Waals surface area contributed by atoms with E-state index >= 15 is 0 Å². The third-order valence-electron chi connectivity index (χ3n) is 3.26. The molecule has 0 spiro atoms. The Bertz CT molecular complexity index is 151. The van der Waals surface area contributed by atoms with E-state index in [4.69, 9.17) is 0 Å². The highest BCUT2D eigenvalue weighted by Gasteiger charge is 2.24. The Morgan fingerprint density at radius 1 is 1.31 bits per heavy atom. The highest BCUT2D eigenvalue weighted by Crippen LogP contribution is 2.32. The lowest BCUT2D eigenvalue weighted by atomic mass is 9.77. The number of hydrogen-bond donors (Lipinski definition) is 0. The van der Waals surface area contributed by atoms with Gasteiger partial charge in [-0.2, -0.15) is 0 Å². The van der Waals surface area contributed by atoms with E-state index in [2.05, 4.69) is 13.8 Å². The first kappa shape index (κ1) is 10.7. The molecule has 1 fully saturated rings. The second-order valence-electron chi connectivity index (χ2n) is 4.82. The van der Waals surface area contributed by atoms with E-state index in [0.29, 0.717) is 11.8 Å². The Morgan fingerprint density at radius 3 is 2.62 bits per heavy atom. The second kappa shape index (κ2) is 5.41. The van der Waals surface area contributed by atoms with Crippen LogP contribution in [0.5, 0.6) is 0 Å². The molecular formula is C12H22O. The predicted octanol–water partition coefficient (Wildman–Crippen LogP) is 3.43. The van der Waals surface area contributed by atoms with Crippen molar-refractivity contribution in [2.24, 2.45) is 17.8 Å². The van der Waals surface area contributed by atoms with Gasteiger partial charge in [0.2, 0.25) is 0 Å². The molecule has 1 nitrogen and oxygen atoms in total. The number of carbonyl (C=O) groups excluding carboxylic acids is 1. The van der Waals surface area contributed by atoms with Gasteiger partial charge in [-0.15, -0.1) is 0 Å². The van der Waals surface area contributed by atoms with Crippen molar-refractivity contribution in [1.82, 2.24) is 0 Å². The summed E-state index contributed by atoms with van der Waals surface area (Å²) in [5.74, 6) is 1.87. The van der Waals surface area contributed by atoms with Crippen molar-refractivity contribution in [3.63, 3.8) is 0 Å². The second-order valence-corrected chi connectivity index (χ2v) is 4.82. The minimum Gasteiger partial charge on any atom is -0.303 e. The van der Waals surface area contributed by atoms with Gasteiger partial charge in [0.1, 0.15) is 6.29 Å². The molecule has 0 aliphatic heterocycles. The largest absolute Gasteiger partial charge is 0.303 e. The Labute approximate surface area is 81.9 Å². The van der Waals surface area contributed by atoms with Crippen LogP contribution in [0.3, 0.4) is 0 Å². The van der Waals surface area contributed by atoms with E-state index in [1.807, 2.05) is 0 Å². The molecule has 13 heavy (non-hydrogen) atoms. The topological polar surface area (TPSA) is 17.1 Å². The molecule has 1 aliphatic carbocycles. The summed E-state index contributed by atoms with van der Waals surface area (Å²) in [4.78, 5) is 10.8. The molecule has 1 aliphatic rings. The highest BCUT2D eigenvalue weighted by molar-refractivity contribution is 5.54. The molecule has 2 unspecified atom stereocenters. The van der Waals surface area contributed by atoms with Crippen LogP contribution in [-0.2, 0) is 4.79 Å². The molecule has 0 N–H and O–H groups in total. The summed E-state index contributed by atoms with van der Waals surface area (Å²) >= 11 is 0. The summed E-state index contributed by atoms with van der Waals surface area (Å²) in [5.41, 5.74) is 0. The van der Waals surface area contributed by atoms with E-state index in [1.165, 1.54) is 38.4 Å². The van der Waals surface area contributed by atoms with Crippen molar-refractivity contribution >= 4 is 6.29 Å². The first-order chi connectivity index (χ1) is 6.24. The van der Waals surface area contributed by atoms with Crippen molar-refractivity contribution in [2.45, 2.75) is 52.4 Å². The summed E-state index contributed by atoms with van der Waals surface area (Å²) < 4.78 is 0. The van der Waals surface area contributed by atoms with Crippen molar-refractivity contribution in [2.75, 3.05) is 0 Å². The maximum Gasteiger partial charge on any atom is 0.123 e. The van der Waals surface area contributed by atoms with Gasteiger partial charge in [-0.05, 0) is 31.1 Å². The third kappa shape index (κ3) is 3.50. The zero-order chi connectivity index (χ0) is 9.68. The van der Waals surface area contributed by atoms with Crippen LogP contribution in [-0.4, -0.2) is 6.29 Å². The van der Waals surface area contributed by atoms with Crippen LogP contribution in [0, 0.1) is 17.8 Å². The molecule has 1 heteroatoms. The molecule has 0 aromatic rings. The minimum atomic E-state index is 0.382. The van der Waals surface area contributed by atoms with Crippen LogP contribution in [0.1, 0.15) is 52.4 Å². The number of carbonyl (C=O) groups is 1. The maximum absolute atomic E-state index is 10.8. The zero-order valence-corrected chi connectivity index (χ0v) is 8.96. The molecule has 2 atom stereocenters. The number of rotatable bonds is 4. The normalized spacial score (nSPS) is 29.2. The molecule has 0 amide bonds. The first-order valence-electron chi connectivity index (χ1n) is 5.69. The lowest BCUT2D eigenvalue weighted by Gasteiger charge is -2.28. The summed E-state index contributed by atoms with van der Waals surface area (Å²) in [7, 11) is 0. The molecule has 1 saturated carbocycles. The fourth-order valence-electron chi connectivity index (χ4n) is 2.32. The average molecular weight is 182 g/mol. The molecule has 0 radical (unpaired) electrons. The summed E-state index contributed by atoms with van der Waals surface area (Å²) in [5, 5.41) is 0. The summed E-state index contributed by atoms with van der Waals surface area (Å²) in [6.07, 6.45) is 8.79. The molecule has 0 aromatic heterocycles. The van der Waals surface area contributed by atoms with E-state index in [9.17, 15) is 4.79 Å². The lowest BCUT2D eigenvalue weighted by Crippen LogP contribution is -2.21. The molecule has 0 heterocycles. The summed E-state index contributed by atoms with van der Waals surface area (Å²) in [6, 6.07) is 0. The van der Waals surface area contributed by atoms with Crippen molar-refractivity contribution in [3.05, 3.63) is 0 Å². The van der Waals surface area contributed by atoms with E-state index in [-0.39, 0.29) is 0 Å². The first-order valence-corrected chi connectivity index (χ1v) is 5.69. The Kier molecular flexibility index (Phi) is 4.47. The average Bonchev–Trinajstić information content (AvgIpc) is 2.15. The van der Waals surface area contributed by atoms with Gasteiger partial charge < -0.3 is 4.79 Å². The number of aldehydes is 1. The highest BCUT2D eigenvalue weighted by atomic mass is 16.1. The molecule has 76 valence electrons. The van der Waals surface area contributed by atoms with Gasteiger partial charge in [-0.3, -0.25) is 0 Å². The van der Waals surface area contributed by atoms with Crippen LogP contribution in [0.2, 0.25) is 0 Å². The van der Waals surface area contributed by atoms with Crippen LogP contribution >= 0.6 is 0 Å². The molecular weight excluding hydrogens is 160 g/mol. The molecule has 1 rings (SSSR count). The van der Waals surface area contributed by atoms with Crippen molar-refractivity contribution in [1.29, 1.82) is 0 Å². The zero-order valence-electron chi connectivity index (χ0n) is 8.96. The fourth-order valence-corrected chi connectivity index (χ4v) is 2.32. The van der Waals surface area contributed by atoms with E-state index in [1.54, 1.807) is 0 Å². The standard InChI is InChI=1S/C12H22O/c1-10(2)7-8-11-5-3-4-6-12(11)9-13/h9-12H,3-8H2,1-2H3. The smallest absolute Gasteiger partial charge is 0.123 e. The van der Waals surface area contributed by atoms with Gasteiger partial charge in [-0.25, -0.2) is 0 Å². The van der Waals surface area contributed by atoms with Gasteiger partial charge in [-0.1, -0.05) is 33.1 Å². The quantitative estimate of drug-likeness (QED) is 0.609. The van der Waals surface area contributed by atoms with Crippen molar-refractivity contribution in [3.8, 4) is 0 Å². The predicted molar refractivity (Wildman–Crippen MR) is 55.6 cm³/mol. The minimum absolute atomic E-state index is 0.382. The molecule has 0 aromatic carbocycles. The molecule has 0 bridgehead atoms. The van der Waals surface area contributed by atoms with E-state index < -0.39 is 0 Å². The van der Waals surface area contributed by atoms with Crippen molar-refractivity contribution < 1.29 is 4.79 Å². The Balaban J connectivity index is 2.31. The fraction of sp³-hybridized carbons (Fsp3) is 0.917. The maximum atomic E-state index is 10.8. The van der Waals surface area contributed by atoms with E-state index in [0.717, 1.165) is 12.3 Å².